The number of fused-ring (bicyclic) bond motifs is 1. The first kappa shape index (κ1) is 28.2. The molecule has 1 atom stereocenters. The summed E-state index contributed by atoms with van der Waals surface area (Å²) in [7, 11) is 0. The summed E-state index contributed by atoms with van der Waals surface area (Å²) in [5, 5.41) is 1.09. The maximum atomic E-state index is 13.9. The molecule has 0 fully saturated rings. The van der Waals surface area contributed by atoms with Crippen LogP contribution >= 0.6 is 11.6 Å². The van der Waals surface area contributed by atoms with Gasteiger partial charge >= 0.3 is 0 Å². The molecule has 1 unspecified atom stereocenters. The lowest BCUT2D eigenvalue weighted by atomic mass is 10.1. The molecule has 1 amide bonds. The van der Waals surface area contributed by atoms with Crippen molar-refractivity contribution in [2.75, 3.05) is 19.8 Å². The van der Waals surface area contributed by atoms with Crippen LogP contribution in [-0.2, 0) is 4.79 Å². The number of carbonyl (C=O) groups excluding carboxylic acids is 1. The van der Waals surface area contributed by atoms with Gasteiger partial charge in [-0.3, -0.25) is 14.2 Å². The van der Waals surface area contributed by atoms with Crippen LogP contribution in [0, 0.1) is 0 Å². The molecule has 1 heterocycles. The van der Waals surface area contributed by atoms with Crippen molar-refractivity contribution in [3.8, 4) is 17.2 Å². The van der Waals surface area contributed by atoms with Gasteiger partial charge in [0.05, 0.1) is 29.2 Å². The average molecular weight is 548 g/mol. The number of amides is 1. The van der Waals surface area contributed by atoms with E-state index >= 15 is 0 Å². The number of carbonyl (C=O) groups is 1. The molecule has 0 aliphatic carbocycles. The van der Waals surface area contributed by atoms with Crippen LogP contribution < -0.4 is 15.0 Å². The van der Waals surface area contributed by atoms with Gasteiger partial charge in [-0.25, -0.2) is 4.98 Å². The highest BCUT2D eigenvalue weighted by Gasteiger charge is 2.28. The second-order valence-corrected chi connectivity index (χ2v) is 9.68. The van der Waals surface area contributed by atoms with Crippen LogP contribution in [-0.4, -0.2) is 40.1 Å². The Morgan fingerprint density at radius 2 is 1.69 bits per heavy atom. The van der Waals surface area contributed by atoms with Crippen molar-refractivity contribution in [3.05, 3.63) is 94.0 Å². The Balaban J connectivity index is 1.78. The second-order valence-electron chi connectivity index (χ2n) is 9.24. The van der Waals surface area contributed by atoms with Crippen LogP contribution in [0.3, 0.4) is 0 Å². The summed E-state index contributed by atoms with van der Waals surface area (Å²) in [4.78, 5) is 34.2. The normalized spacial score (nSPS) is 11.8. The molecule has 4 aromatic rings. The summed E-state index contributed by atoms with van der Waals surface area (Å²) in [5.41, 5.74) is 0.948. The molecule has 3 aromatic carbocycles. The first-order valence-corrected chi connectivity index (χ1v) is 13.7. The maximum Gasteiger partial charge on any atom is 0.266 e. The molecule has 0 radical (unpaired) electrons. The quantitative estimate of drug-likeness (QED) is 0.187. The summed E-state index contributed by atoms with van der Waals surface area (Å²) in [5.74, 6) is 1.39. The van der Waals surface area contributed by atoms with Gasteiger partial charge in [-0.15, -0.1) is 0 Å². The molecule has 8 heteroatoms. The zero-order valence-electron chi connectivity index (χ0n) is 22.6. The van der Waals surface area contributed by atoms with Crippen LogP contribution in [0.1, 0.15) is 51.9 Å². The minimum absolute atomic E-state index is 0.147. The Morgan fingerprint density at radius 3 is 2.44 bits per heavy atom. The zero-order chi connectivity index (χ0) is 27.8. The largest absolute Gasteiger partial charge is 0.492 e. The van der Waals surface area contributed by atoms with E-state index in [1.54, 1.807) is 39.8 Å². The summed E-state index contributed by atoms with van der Waals surface area (Å²) >= 11 is 5.98. The standard InChI is InChI=1S/C31H34ClN3O4/c1-4-6-11-20-34(29(36)21-39-24-18-16-23(32)17-19-24)22(3)30-33-26-13-8-7-12-25(26)31(37)35(30)27-14-9-10-15-28(27)38-5-2/h7-10,12-19,22H,4-6,11,20-21H2,1-3H3. The SMILES string of the molecule is CCCCCN(C(=O)COc1ccc(Cl)cc1)C(C)c1nc2ccccc2c(=O)n1-c1ccccc1OCC. The number of aromatic nitrogens is 2. The van der Waals surface area contributed by atoms with Gasteiger partial charge in [-0.05, 0) is 68.8 Å². The number of hydrogen-bond donors (Lipinski definition) is 0. The minimum Gasteiger partial charge on any atom is -0.492 e. The van der Waals surface area contributed by atoms with Crippen molar-refractivity contribution in [2.24, 2.45) is 0 Å². The van der Waals surface area contributed by atoms with Gasteiger partial charge in [0.1, 0.15) is 17.3 Å². The Bertz CT molecular complexity index is 1470. The van der Waals surface area contributed by atoms with E-state index in [0.29, 0.717) is 52.1 Å². The fourth-order valence-electron chi connectivity index (χ4n) is 4.55. The molecule has 0 bridgehead atoms. The van der Waals surface area contributed by atoms with Crippen molar-refractivity contribution in [3.63, 3.8) is 0 Å². The highest BCUT2D eigenvalue weighted by molar-refractivity contribution is 6.30. The molecule has 1 aromatic heterocycles. The van der Waals surface area contributed by atoms with E-state index in [-0.39, 0.29) is 18.1 Å². The molecule has 0 spiro atoms. The Kier molecular flexibility index (Phi) is 9.60. The van der Waals surface area contributed by atoms with Crippen LogP contribution in [0.2, 0.25) is 5.02 Å². The molecule has 39 heavy (non-hydrogen) atoms. The van der Waals surface area contributed by atoms with E-state index in [4.69, 9.17) is 26.1 Å². The molecule has 7 nitrogen and oxygen atoms in total. The van der Waals surface area contributed by atoms with E-state index in [2.05, 4.69) is 6.92 Å². The molecule has 4 rings (SSSR count). The summed E-state index contributed by atoms with van der Waals surface area (Å²) < 4.78 is 13.3. The smallest absolute Gasteiger partial charge is 0.266 e. The minimum atomic E-state index is -0.518. The molecule has 0 saturated heterocycles. The Morgan fingerprint density at radius 1 is 0.974 bits per heavy atom. The molecule has 204 valence electrons. The lowest BCUT2D eigenvalue weighted by Crippen LogP contribution is -2.40. The molecular weight excluding hydrogens is 514 g/mol. The number of rotatable bonds is 12. The molecular formula is C31H34ClN3O4. The third-order valence-electron chi connectivity index (χ3n) is 6.55. The van der Waals surface area contributed by atoms with Gasteiger partial charge < -0.3 is 14.4 Å². The number of halogens is 1. The first-order valence-electron chi connectivity index (χ1n) is 13.4. The number of benzene rings is 3. The lowest BCUT2D eigenvalue weighted by molar-refractivity contribution is -0.135. The van der Waals surface area contributed by atoms with Crippen LogP contribution in [0.5, 0.6) is 11.5 Å². The third-order valence-corrected chi connectivity index (χ3v) is 6.80. The summed E-state index contributed by atoms with van der Waals surface area (Å²) in [6.45, 7) is 6.73. The Labute approximate surface area is 234 Å². The van der Waals surface area contributed by atoms with E-state index in [9.17, 15) is 9.59 Å². The number of nitrogens with zero attached hydrogens (tertiary/aromatic N) is 3. The van der Waals surface area contributed by atoms with Crippen molar-refractivity contribution in [1.82, 2.24) is 14.5 Å². The highest BCUT2D eigenvalue weighted by atomic mass is 35.5. The summed E-state index contributed by atoms with van der Waals surface area (Å²) in [6, 6.07) is 21.0. The zero-order valence-corrected chi connectivity index (χ0v) is 23.4. The van der Waals surface area contributed by atoms with Gasteiger partial charge in [-0.2, -0.15) is 0 Å². The van der Waals surface area contributed by atoms with Gasteiger partial charge in [0.2, 0.25) is 0 Å². The molecule has 0 saturated carbocycles. The maximum absolute atomic E-state index is 13.9. The second kappa shape index (κ2) is 13.3. The topological polar surface area (TPSA) is 73.7 Å². The van der Waals surface area contributed by atoms with E-state index in [1.807, 2.05) is 56.3 Å². The summed E-state index contributed by atoms with van der Waals surface area (Å²) in [6.07, 6.45) is 2.80. The molecule has 0 N–H and O–H groups in total. The number of ether oxygens (including phenoxy) is 2. The van der Waals surface area contributed by atoms with Crippen molar-refractivity contribution >= 4 is 28.4 Å². The monoisotopic (exact) mass is 547 g/mol. The fourth-order valence-corrected chi connectivity index (χ4v) is 4.67. The Hall–Kier alpha value is -3.84. The first-order chi connectivity index (χ1) is 18.9. The van der Waals surface area contributed by atoms with Crippen molar-refractivity contribution in [1.29, 1.82) is 0 Å². The van der Waals surface area contributed by atoms with E-state index in [1.165, 1.54) is 0 Å². The number of hydrogen-bond acceptors (Lipinski definition) is 5. The van der Waals surface area contributed by atoms with Crippen LogP contribution in [0.4, 0.5) is 0 Å². The number of unbranched alkanes of at least 4 members (excludes halogenated alkanes) is 2. The molecule has 0 aliphatic heterocycles. The average Bonchev–Trinajstić information content (AvgIpc) is 2.95. The van der Waals surface area contributed by atoms with Gasteiger partial charge in [0.25, 0.3) is 11.5 Å². The van der Waals surface area contributed by atoms with Crippen LogP contribution in [0.25, 0.3) is 16.6 Å². The highest BCUT2D eigenvalue weighted by Crippen LogP contribution is 2.28. The van der Waals surface area contributed by atoms with Crippen LogP contribution in [0.15, 0.2) is 77.6 Å². The fraction of sp³-hybridized carbons (Fsp3) is 0.323. The lowest BCUT2D eigenvalue weighted by Gasteiger charge is -2.31. The molecule has 0 aliphatic rings. The van der Waals surface area contributed by atoms with Gasteiger partial charge in [0, 0.05) is 11.6 Å². The third kappa shape index (κ3) is 6.60. The predicted octanol–water partition coefficient (Wildman–Crippen LogP) is 6.60. The van der Waals surface area contributed by atoms with Crippen molar-refractivity contribution in [2.45, 2.75) is 46.1 Å². The van der Waals surface area contributed by atoms with Crippen molar-refractivity contribution < 1.29 is 14.3 Å². The van der Waals surface area contributed by atoms with E-state index < -0.39 is 6.04 Å². The number of para-hydroxylation sites is 3. The van der Waals surface area contributed by atoms with Gasteiger partial charge in [0.15, 0.2) is 6.61 Å². The van der Waals surface area contributed by atoms with Gasteiger partial charge in [-0.1, -0.05) is 55.6 Å². The van der Waals surface area contributed by atoms with E-state index in [0.717, 1.165) is 19.3 Å². The predicted molar refractivity (Wildman–Crippen MR) is 155 cm³/mol.